The van der Waals surface area contributed by atoms with Gasteiger partial charge in [-0.2, -0.15) is 0 Å². The number of ether oxygens (including phenoxy) is 1. The number of likely N-dealkylation sites (tertiary alicyclic amines) is 1. The summed E-state index contributed by atoms with van der Waals surface area (Å²) in [5, 5.41) is 20.0. The second-order valence-corrected chi connectivity index (χ2v) is 11.7. The van der Waals surface area contributed by atoms with E-state index >= 15 is 0 Å². The van der Waals surface area contributed by atoms with Gasteiger partial charge in [0.05, 0.1) is 30.6 Å². The standard InChI is InChI=1S/C25H40N2O6/c1-8-12-26(24(6,7)14-23(3,4)5)21(30)19-25-11-10-16(33-25)17(22(31)32)18(25)20(29)27(19)15(9-2)13-28/h8,15-19,28H,1,9-14H2,2-7H3,(H,31,32)/t15-,16-,17+,18-,19?,25?/m0/s1. The summed E-state index contributed by atoms with van der Waals surface area (Å²) in [6, 6.07) is -1.56. The van der Waals surface area contributed by atoms with E-state index in [-0.39, 0.29) is 17.9 Å². The number of fused-ring (bicyclic) bond motifs is 1. The zero-order valence-corrected chi connectivity index (χ0v) is 20.8. The topological polar surface area (TPSA) is 107 Å². The van der Waals surface area contributed by atoms with Gasteiger partial charge >= 0.3 is 5.97 Å². The van der Waals surface area contributed by atoms with Crippen molar-refractivity contribution >= 4 is 17.8 Å². The fraction of sp³-hybridized carbons (Fsp3) is 0.800. The maximum Gasteiger partial charge on any atom is 0.310 e. The fourth-order valence-electron chi connectivity index (χ4n) is 6.76. The van der Waals surface area contributed by atoms with E-state index in [9.17, 15) is 24.6 Å². The summed E-state index contributed by atoms with van der Waals surface area (Å²) >= 11 is 0. The molecule has 3 saturated heterocycles. The minimum absolute atomic E-state index is 0.0526. The Hall–Kier alpha value is -1.93. The molecule has 8 nitrogen and oxygen atoms in total. The van der Waals surface area contributed by atoms with Gasteiger partial charge in [0, 0.05) is 12.1 Å². The molecule has 0 aliphatic carbocycles. The number of carbonyl (C=O) groups excluding carboxylic acids is 2. The number of hydrogen-bond acceptors (Lipinski definition) is 5. The minimum Gasteiger partial charge on any atom is -0.481 e. The number of aliphatic carboxylic acids is 1. The first kappa shape index (κ1) is 25.7. The summed E-state index contributed by atoms with van der Waals surface area (Å²) in [6.07, 6.45) is 3.22. The first-order valence-corrected chi connectivity index (χ1v) is 12.0. The van der Waals surface area contributed by atoms with Gasteiger partial charge < -0.3 is 24.7 Å². The molecule has 3 rings (SSSR count). The Morgan fingerprint density at radius 1 is 1.33 bits per heavy atom. The summed E-state index contributed by atoms with van der Waals surface area (Å²) < 4.78 is 6.27. The van der Waals surface area contributed by atoms with E-state index in [0.29, 0.717) is 25.8 Å². The highest BCUT2D eigenvalue weighted by atomic mass is 16.5. The molecule has 3 aliphatic heterocycles. The molecule has 0 aromatic carbocycles. The fourth-order valence-corrected chi connectivity index (χ4v) is 6.76. The van der Waals surface area contributed by atoms with Crippen LogP contribution in [0.2, 0.25) is 0 Å². The first-order chi connectivity index (χ1) is 15.3. The van der Waals surface area contributed by atoms with Gasteiger partial charge in [-0.15, -0.1) is 6.58 Å². The third-order valence-corrected chi connectivity index (χ3v) is 7.60. The highest BCUT2D eigenvalue weighted by molar-refractivity contribution is 5.98. The van der Waals surface area contributed by atoms with Gasteiger partial charge in [0.25, 0.3) is 0 Å². The molecule has 3 aliphatic rings. The van der Waals surface area contributed by atoms with Gasteiger partial charge in [0.15, 0.2) is 0 Å². The first-order valence-electron chi connectivity index (χ1n) is 12.0. The lowest BCUT2D eigenvalue weighted by molar-refractivity contribution is -0.156. The zero-order valence-electron chi connectivity index (χ0n) is 20.8. The van der Waals surface area contributed by atoms with Crippen LogP contribution in [-0.4, -0.2) is 80.3 Å². The third kappa shape index (κ3) is 4.09. The van der Waals surface area contributed by atoms with E-state index in [2.05, 4.69) is 27.4 Å². The molecule has 3 heterocycles. The van der Waals surface area contributed by atoms with Crippen molar-refractivity contribution in [2.24, 2.45) is 17.3 Å². The maximum absolute atomic E-state index is 14.3. The van der Waals surface area contributed by atoms with E-state index in [0.717, 1.165) is 6.42 Å². The maximum atomic E-state index is 14.3. The van der Waals surface area contributed by atoms with Gasteiger partial charge in [-0.3, -0.25) is 14.4 Å². The van der Waals surface area contributed by atoms with Crippen molar-refractivity contribution in [1.82, 2.24) is 9.80 Å². The average molecular weight is 465 g/mol. The lowest BCUT2D eigenvalue weighted by Gasteiger charge is -2.46. The Bertz CT molecular complexity index is 814. The molecule has 186 valence electrons. The largest absolute Gasteiger partial charge is 0.481 e. The summed E-state index contributed by atoms with van der Waals surface area (Å²) in [5.41, 5.74) is -1.78. The lowest BCUT2D eigenvalue weighted by atomic mass is 9.70. The number of carboxylic acids is 1. The van der Waals surface area contributed by atoms with Crippen LogP contribution in [0, 0.1) is 17.3 Å². The van der Waals surface area contributed by atoms with Gasteiger partial charge in [-0.25, -0.2) is 0 Å². The highest BCUT2D eigenvalue weighted by Gasteiger charge is 2.75. The number of amides is 2. The molecule has 0 aromatic rings. The number of aliphatic hydroxyl groups is 1. The second kappa shape index (κ2) is 8.69. The molecule has 6 atom stereocenters. The van der Waals surface area contributed by atoms with Crippen LogP contribution >= 0.6 is 0 Å². The molecule has 2 N–H and O–H groups in total. The van der Waals surface area contributed by atoms with Crippen LogP contribution in [0.5, 0.6) is 0 Å². The molecule has 3 fully saturated rings. The van der Waals surface area contributed by atoms with Crippen LogP contribution in [0.15, 0.2) is 12.7 Å². The molecule has 8 heteroatoms. The summed E-state index contributed by atoms with van der Waals surface area (Å²) in [4.78, 5) is 43.4. The normalized spacial score (nSPS) is 32.1. The number of nitrogens with zero attached hydrogens (tertiary/aromatic N) is 2. The molecule has 0 aromatic heterocycles. The average Bonchev–Trinajstić information content (AvgIpc) is 3.32. The van der Waals surface area contributed by atoms with Crippen molar-refractivity contribution < 1.29 is 29.3 Å². The van der Waals surface area contributed by atoms with Crippen molar-refractivity contribution in [3.05, 3.63) is 12.7 Å². The van der Waals surface area contributed by atoms with Crippen LogP contribution in [0.3, 0.4) is 0 Å². The van der Waals surface area contributed by atoms with Crippen molar-refractivity contribution in [1.29, 1.82) is 0 Å². The SMILES string of the molecule is C=CCN(C(=O)C1N([C@@H](CC)CO)C(=O)[C@@H]2[C@H](C(=O)O)[C@@H]3CCC12O3)C(C)(C)CC(C)(C)C. The number of carboxylic acid groups (broad SMARTS) is 1. The summed E-state index contributed by atoms with van der Waals surface area (Å²) in [5.74, 6) is -3.62. The van der Waals surface area contributed by atoms with E-state index in [1.807, 2.05) is 20.8 Å². The van der Waals surface area contributed by atoms with E-state index in [1.165, 1.54) is 4.90 Å². The van der Waals surface area contributed by atoms with Crippen LogP contribution in [-0.2, 0) is 19.1 Å². The third-order valence-electron chi connectivity index (χ3n) is 7.60. The minimum atomic E-state index is -1.18. The molecule has 33 heavy (non-hydrogen) atoms. The van der Waals surface area contributed by atoms with Gasteiger partial charge in [0.1, 0.15) is 11.6 Å². The smallest absolute Gasteiger partial charge is 0.310 e. The molecule has 2 bridgehead atoms. The quantitative estimate of drug-likeness (QED) is 0.508. The summed E-state index contributed by atoms with van der Waals surface area (Å²) in [7, 11) is 0. The number of rotatable bonds is 9. The summed E-state index contributed by atoms with van der Waals surface area (Å²) in [6.45, 7) is 16.0. The Morgan fingerprint density at radius 2 is 1.97 bits per heavy atom. The molecule has 2 amide bonds. The van der Waals surface area contributed by atoms with E-state index in [1.54, 1.807) is 11.0 Å². The zero-order chi connectivity index (χ0) is 24.9. The van der Waals surface area contributed by atoms with Crippen LogP contribution in [0.4, 0.5) is 0 Å². The molecule has 0 saturated carbocycles. The van der Waals surface area contributed by atoms with Crippen LogP contribution < -0.4 is 0 Å². The lowest BCUT2D eigenvalue weighted by Crippen LogP contribution is -2.62. The predicted octanol–water partition coefficient (Wildman–Crippen LogP) is 2.45. The molecule has 0 radical (unpaired) electrons. The Morgan fingerprint density at radius 3 is 2.45 bits per heavy atom. The Kier molecular flexibility index (Phi) is 6.77. The van der Waals surface area contributed by atoms with Crippen molar-refractivity contribution in [2.45, 2.75) is 96.6 Å². The molecule has 2 unspecified atom stereocenters. The number of hydrogen-bond donors (Lipinski definition) is 2. The van der Waals surface area contributed by atoms with Gasteiger partial charge in [-0.1, -0.05) is 33.8 Å². The molecule has 1 spiro atoms. The Balaban J connectivity index is 2.11. The molecular weight excluding hydrogens is 424 g/mol. The van der Waals surface area contributed by atoms with Crippen molar-refractivity contribution in [3.8, 4) is 0 Å². The monoisotopic (exact) mass is 464 g/mol. The second-order valence-electron chi connectivity index (χ2n) is 11.7. The van der Waals surface area contributed by atoms with E-state index in [4.69, 9.17) is 4.74 Å². The van der Waals surface area contributed by atoms with Crippen LogP contribution in [0.1, 0.15) is 67.2 Å². The predicted molar refractivity (Wildman–Crippen MR) is 123 cm³/mol. The Labute approximate surface area is 196 Å². The molecular formula is C25H40N2O6. The number of aliphatic hydroxyl groups excluding tert-OH is 1. The van der Waals surface area contributed by atoms with E-state index < -0.39 is 53.0 Å². The van der Waals surface area contributed by atoms with Crippen LogP contribution in [0.25, 0.3) is 0 Å². The highest BCUT2D eigenvalue weighted by Crippen LogP contribution is 2.59. The van der Waals surface area contributed by atoms with Crippen molar-refractivity contribution in [3.63, 3.8) is 0 Å². The number of carbonyl (C=O) groups is 3. The van der Waals surface area contributed by atoms with Crippen molar-refractivity contribution in [2.75, 3.05) is 13.2 Å². The van der Waals surface area contributed by atoms with Gasteiger partial charge in [-0.05, 0) is 44.9 Å². The van der Waals surface area contributed by atoms with Gasteiger partial charge in [0.2, 0.25) is 11.8 Å².